The predicted octanol–water partition coefficient (Wildman–Crippen LogP) is 2.56. The number of carbonyl (C=O) groups is 3. The molecule has 2 N–H and O–H groups in total. The molecule has 0 aliphatic carbocycles. The second-order valence-corrected chi connectivity index (χ2v) is 8.66. The highest BCUT2D eigenvalue weighted by Gasteiger charge is 2.47. The number of amides is 4. The van der Waals surface area contributed by atoms with Gasteiger partial charge in [0.25, 0.3) is 11.8 Å². The third-order valence-electron chi connectivity index (χ3n) is 4.49. The molecule has 0 spiro atoms. The fourth-order valence-electron chi connectivity index (χ4n) is 2.80. The Morgan fingerprint density at radius 2 is 1.78 bits per heavy atom. The van der Waals surface area contributed by atoms with E-state index in [9.17, 15) is 14.4 Å². The normalized spacial score (nSPS) is 19.6. The first-order valence-electron chi connectivity index (χ1n) is 8.64. The molecule has 9 heteroatoms. The summed E-state index contributed by atoms with van der Waals surface area (Å²) in [5.41, 5.74) is 1.48. The Labute approximate surface area is 165 Å². The zero-order valence-electron chi connectivity index (χ0n) is 15.2. The lowest BCUT2D eigenvalue weighted by Crippen LogP contribution is -2.51. The molecule has 0 unspecified atom stereocenters. The van der Waals surface area contributed by atoms with Gasteiger partial charge in [0.15, 0.2) is 0 Å². The van der Waals surface area contributed by atoms with Crippen molar-refractivity contribution in [1.82, 2.24) is 20.7 Å². The van der Waals surface area contributed by atoms with Gasteiger partial charge in [0, 0.05) is 22.8 Å². The van der Waals surface area contributed by atoms with E-state index in [-0.39, 0.29) is 6.54 Å². The van der Waals surface area contributed by atoms with Crippen molar-refractivity contribution in [1.29, 1.82) is 0 Å². The number of carbonyl (C=O) groups excluding carboxylic acids is 3. The molecule has 1 atom stereocenters. The van der Waals surface area contributed by atoms with Crippen LogP contribution in [0.4, 0.5) is 4.79 Å². The molecule has 1 aliphatic heterocycles. The molecule has 7 nitrogen and oxygen atoms in total. The zero-order valence-corrected chi connectivity index (χ0v) is 16.9. The van der Waals surface area contributed by atoms with E-state index in [4.69, 9.17) is 0 Å². The number of hydrazine groups is 1. The van der Waals surface area contributed by atoms with Crippen molar-refractivity contribution in [3.63, 3.8) is 0 Å². The van der Waals surface area contributed by atoms with Crippen LogP contribution in [0.15, 0.2) is 35.0 Å². The summed E-state index contributed by atoms with van der Waals surface area (Å²) in [6.07, 6.45) is 0.451. The average Bonchev–Trinajstić information content (AvgIpc) is 3.35. The van der Waals surface area contributed by atoms with Crippen LogP contribution in [0, 0.1) is 0 Å². The molecule has 3 rings (SSSR count). The van der Waals surface area contributed by atoms with Gasteiger partial charge in [0.1, 0.15) is 5.54 Å². The smallest absolute Gasteiger partial charge is 0.322 e. The number of rotatable bonds is 8. The summed E-state index contributed by atoms with van der Waals surface area (Å²) in [7, 11) is 0. The van der Waals surface area contributed by atoms with Crippen molar-refractivity contribution < 1.29 is 14.4 Å². The molecule has 144 valence electrons. The maximum absolute atomic E-state index is 12.5. The third-order valence-corrected chi connectivity index (χ3v) is 6.21. The van der Waals surface area contributed by atoms with Crippen LogP contribution in [0.25, 0.3) is 0 Å². The van der Waals surface area contributed by atoms with Gasteiger partial charge in [0.05, 0.1) is 6.54 Å². The molecule has 27 heavy (non-hydrogen) atoms. The van der Waals surface area contributed by atoms with Crippen molar-refractivity contribution >= 4 is 40.5 Å². The van der Waals surface area contributed by atoms with Crippen LogP contribution in [-0.2, 0) is 22.7 Å². The lowest BCUT2D eigenvalue weighted by atomic mass is 10.00. The van der Waals surface area contributed by atoms with Crippen molar-refractivity contribution in [2.45, 2.75) is 38.9 Å². The minimum absolute atomic E-state index is 0.0791. The zero-order chi connectivity index (χ0) is 19.4. The number of hydrogen-bond acceptors (Lipinski definition) is 6. The molecular weight excluding hydrogens is 384 g/mol. The Morgan fingerprint density at radius 3 is 2.22 bits per heavy atom. The van der Waals surface area contributed by atoms with Gasteiger partial charge in [-0.25, -0.2) is 4.79 Å². The summed E-state index contributed by atoms with van der Waals surface area (Å²) in [6.45, 7) is 4.79. The number of urea groups is 1. The topological polar surface area (TPSA) is 81.8 Å². The van der Waals surface area contributed by atoms with E-state index in [2.05, 4.69) is 10.7 Å². The van der Waals surface area contributed by atoms with E-state index in [1.54, 1.807) is 29.6 Å². The molecule has 0 bridgehead atoms. The maximum atomic E-state index is 12.5. The summed E-state index contributed by atoms with van der Waals surface area (Å²) in [4.78, 5) is 41.3. The van der Waals surface area contributed by atoms with Gasteiger partial charge in [-0.1, -0.05) is 19.1 Å². The van der Waals surface area contributed by atoms with Crippen LogP contribution in [0.2, 0.25) is 0 Å². The highest BCUT2D eigenvalue weighted by Crippen LogP contribution is 2.20. The molecule has 2 aromatic heterocycles. The van der Waals surface area contributed by atoms with Crippen molar-refractivity contribution in [3.8, 4) is 0 Å². The molecule has 2 aromatic rings. The number of imide groups is 1. The molecular formula is C18H22N4O3S2. The van der Waals surface area contributed by atoms with Gasteiger partial charge in [-0.15, -0.1) is 22.7 Å². The SMILES string of the molecule is CC[C@]1(C)NC(=O)N(NC(=O)CN(Cc2cccs2)Cc2cccs2)C1=O. The summed E-state index contributed by atoms with van der Waals surface area (Å²) in [6, 6.07) is 7.40. The largest absolute Gasteiger partial charge is 0.344 e. The molecule has 1 aliphatic rings. The Morgan fingerprint density at radius 1 is 1.19 bits per heavy atom. The van der Waals surface area contributed by atoms with Gasteiger partial charge >= 0.3 is 6.03 Å². The number of nitrogens with zero attached hydrogens (tertiary/aromatic N) is 2. The van der Waals surface area contributed by atoms with Crippen LogP contribution in [0.1, 0.15) is 30.0 Å². The highest BCUT2D eigenvalue weighted by molar-refractivity contribution is 7.10. The minimum atomic E-state index is -0.974. The fraction of sp³-hybridized carbons (Fsp3) is 0.389. The molecule has 4 amide bonds. The fourth-order valence-corrected chi connectivity index (χ4v) is 4.29. The maximum Gasteiger partial charge on any atom is 0.344 e. The Hall–Kier alpha value is -2.23. The van der Waals surface area contributed by atoms with E-state index in [1.165, 1.54) is 0 Å². The van der Waals surface area contributed by atoms with Crippen molar-refractivity contribution in [3.05, 3.63) is 44.8 Å². The molecule has 1 fully saturated rings. The minimum Gasteiger partial charge on any atom is -0.322 e. The first-order chi connectivity index (χ1) is 12.9. The van der Waals surface area contributed by atoms with Gasteiger partial charge in [-0.3, -0.25) is 19.9 Å². The van der Waals surface area contributed by atoms with Crippen LogP contribution in [0.3, 0.4) is 0 Å². The van der Waals surface area contributed by atoms with Crippen LogP contribution in [-0.4, -0.2) is 39.8 Å². The summed E-state index contributed by atoms with van der Waals surface area (Å²) in [5, 5.41) is 7.41. The molecule has 0 radical (unpaired) electrons. The van der Waals surface area contributed by atoms with Crippen LogP contribution in [0.5, 0.6) is 0 Å². The molecule has 3 heterocycles. The standard InChI is InChI=1S/C18H22N4O3S2/c1-3-18(2)16(24)22(17(25)19-18)20-15(23)12-21(10-13-6-4-8-26-13)11-14-7-5-9-27-14/h4-9H,3,10-12H2,1-2H3,(H,19,25)(H,20,23)/t18-/m0/s1. The Kier molecular flexibility index (Phi) is 5.93. The van der Waals surface area contributed by atoms with E-state index in [0.717, 1.165) is 14.8 Å². The molecule has 0 saturated carbocycles. The lowest BCUT2D eigenvalue weighted by molar-refractivity contribution is -0.139. The molecule has 0 aromatic carbocycles. The Balaban J connectivity index is 1.65. The van der Waals surface area contributed by atoms with Crippen molar-refractivity contribution in [2.24, 2.45) is 0 Å². The van der Waals surface area contributed by atoms with E-state index < -0.39 is 23.4 Å². The number of nitrogens with one attached hydrogen (secondary N) is 2. The van der Waals surface area contributed by atoms with Crippen molar-refractivity contribution in [2.75, 3.05) is 6.54 Å². The lowest BCUT2D eigenvalue weighted by Gasteiger charge is -2.23. The summed E-state index contributed by atoms with van der Waals surface area (Å²) >= 11 is 3.26. The Bertz CT molecular complexity index is 770. The second-order valence-electron chi connectivity index (χ2n) is 6.60. The average molecular weight is 407 g/mol. The predicted molar refractivity (Wildman–Crippen MR) is 105 cm³/mol. The monoisotopic (exact) mass is 406 g/mol. The second kappa shape index (κ2) is 8.20. The summed E-state index contributed by atoms with van der Waals surface area (Å²) < 4.78 is 0. The van der Waals surface area contributed by atoms with E-state index in [1.807, 2.05) is 46.8 Å². The quantitative estimate of drug-likeness (QED) is 0.660. The number of hydrogen-bond donors (Lipinski definition) is 2. The van der Waals surface area contributed by atoms with Gasteiger partial charge < -0.3 is 5.32 Å². The van der Waals surface area contributed by atoms with Crippen LogP contribution >= 0.6 is 22.7 Å². The van der Waals surface area contributed by atoms with Gasteiger partial charge in [0.2, 0.25) is 0 Å². The van der Waals surface area contributed by atoms with E-state index in [0.29, 0.717) is 19.5 Å². The third kappa shape index (κ3) is 4.55. The first kappa shape index (κ1) is 19.5. The van der Waals surface area contributed by atoms with Gasteiger partial charge in [-0.2, -0.15) is 5.01 Å². The highest BCUT2D eigenvalue weighted by atomic mass is 32.1. The van der Waals surface area contributed by atoms with E-state index >= 15 is 0 Å². The van der Waals surface area contributed by atoms with Crippen LogP contribution < -0.4 is 10.7 Å². The molecule has 1 saturated heterocycles. The first-order valence-corrected chi connectivity index (χ1v) is 10.4. The van der Waals surface area contributed by atoms with Gasteiger partial charge in [-0.05, 0) is 36.2 Å². The summed E-state index contributed by atoms with van der Waals surface area (Å²) in [5.74, 6) is -0.835. The number of thiophene rings is 2.